The van der Waals surface area contributed by atoms with Gasteiger partial charge in [0.05, 0.1) is 0 Å². The molecule has 1 amide bonds. The second-order valence-electron chi connectivity index (χ2n) is 6.19. The van der Waals surface area contributed by atoms with Gasteiger partial charge in [0, 0.05) is 30.5 Å². The number of para-hydroxylation sites is 1. The van der Waals surface area contributed by atoms with Gasteiger partial charge in [0.25, 0.3) is 5.91 Å². The highest BCUT2D eigenvalue weighted by molar-refractivity contribution is 7.20. The van der Waals surface area contributed by atoms with Crippen molar-refractivity contribution in [2.45, 2.75) is 6.42 Å². The number of hydrogen-bond acceptors (Lipinski definition) is 5. The van der Waals surface area contributed by atoms with Crippen LogP contribution in [0, 0.1) is 0 Å². The molecule has 0 aliphatic heterocycles. The normalized spacial score (nSPS) is 10.6. The number of carbonyl (C=O) groups is 2. The van der Waals surface area contributed by atoms with Crippen LogP contribution in [0.4, 0.5) is 5.69 Å². The maximum atomic E-state index is 12.1. The van der Waals surface area contributed by atoms with E-state index in [9.17, 15) is 9.59 Å². The average Bonchev–Trinajstić information content (AvgIpc) is 3.14. The molecular formula is C21H22N2O3S. The number of fused-ring (bicyclic) bond motifs is 1. The quantitative estimate of drug-likeness (QED) is 0.477. The first-order valence-corrected chi connectivity index (χ1v) is 9.64. The molecule has 6 heteroatoms. The van der Waals surface area contributed by atoms with Gasteiger partial charge in [-0.15, -0.1) is 11.3 Å². The molecule has 1 aromatic heterocycles. The van der Waals surface area contributed by atoms with E-state index in [0.717, 1.165) is 28.7 Å². The highest BCUT2D eigenvalue weighted by Crippen LogP contribution is 2.25. The molecule has 1 heterocycles. The van der Waals surface area contributed by atoms with E-state index in [0.29, 0.717) is 11.4 Å². The van der Waals surface area contributed by atoms with E-state index in [1.165, 1.54) is 11.3 Å². The van der Waals surface area contributed by atoms with Crippen LogP contribution in [-0.2, 0) is 9.53 Å². The van der Waals surface area contributed by atoms with Crippen LogP contribution in [0.3, 0.4) is 0 Å². The van der Waals surface area contributed by atoms with E-state index in [4.69, 9.17) is 4.74 Å². The molecule has 0 radical (unpaired) electrons. The molecule has 5 nitrogen and oxygen atoms in total. The number of amides is 1. The van der Waals surface area contributed by atoms with Crippen molar-refractivity contribution >= 4 is 39.0 Å². The zero-order valence-corrected chi connectivity index (χ0v) is 16.0. The van der Waals surface area contributed by atoms with Crippen LogP contribution in [0.15, 0.2) is 60.7 Å². The first-order valence-electron chi connectivity index (χ1n) is 8.82. The Morgan fingerprint density at radius 1 is 1.07 bits per heavy atom. The van der Waals surface area contributed by atoms with E-state index in [2.05, 4.69) is 10.2 Å². The van der Waals surface area contributed by atoms with Gasteiger partial charge in [-0.05, 0) is 36.1 Å². The summed E-state index contributed by atoms with van der Waals surface area (Å²) in [7, 11) is 2.02. The molecule has 0 bridgehead atoms. The number of hydrogen-bond donors (Lipinski definition) is 1. The lowest BCUT2D eigenvalue weighted by Crippen LogP contribution is -2.31. The first kappa shape index (κ1) is 18.9. The van der Waals surface area contributed by atoms with E-state index < -0.39 is 5.97 Å². The van der Waals surface area contributed by atoms with E-state index in [1.54, 1.807) is 6.07 Å². The molecular weight excluding hydrogens is 360 g/mol. The van der Waals surface area contributed by atoms with Crippen LogP contribution in [-0.4, -0.2) is 38.6 Å². The third kappa shape index (κ3) is 5.31. The van der Waals surface area contributed by atoms with Crippen molar-refractivity contribution in [2.24, 2.45) is 0 Å². The Bertz CT molecular complexity index is 875. The summed E-state index contributed by atoms with van der Waals surface area (Å²) in [5, 5.41) is 3.78. The Hall–Kier alpha value is -2.86. The lowest BCUT2D eigenvalue weighted by molar-refractivity contribution is -0.124. The minimum atomic E-state index is -0.463. The molecule has 0 saturated heterocycles. The zero-order chi connectivity index (χ0) is 19.1. The van der Waals surface area contributed by atoms with Gasteiger partial charge in [0.15, 0.2) is 6.61 Å². The Balaban J connectivity index is 1.36. The molecule has 0 unspecified atom stereocenters. The second kappa shape index (κ2) is 9.19. The lowest BCUT2D eigenvalue weighted by Gasteiger charge is -2.19. The minimum absolute atomic E-state index is 0.262. The summed E-state index contributed by atoms with van der Waals surface area (Å²) in [6, 6.07) is 19.6. The van der Waals surface area contributed by atoms with Crippen LogP contribution in [0.25, 0.3) is 10.1 Å². The van der Waals surface area contributed by atoms with Crippen LogP contribution in [0.1, 0.15) is 16.1 Å². The van der Waals surface area contributed by atoms with Crippen molar-refractivity contribution < 1.29 is 14.3 Å². The number of rotatable bonds is 8. The minimum Gasteiger partial charge on any atom is -0.451 e. The van der Waals surface area contributed by atoms with Crippen molar-refractivity contribution in [1.82, 2.24) is 5.32 Å². The highest BCUT2D eigenvalue weighted by atomic mass is 32.1. The Morgan fingerprint density at radius 3 is 2.59 bits per heavy atom. The average molecular weight is 382 g/mol. The van der Waals surface area contributed by atoms with Gasteiger partial charge >= 0.3 is 5.97 Å². The number of ether oxygens (including phenoxy) is 1. The van der Waals surface area contributed by atoms with Crippen molar-refractivity contribution in [3.8, 4) is 0 Å². The Morgan fingerprint density at radius 2 is 1.81 bits per heavy atom. The van der Waals surface area contributed by atoms with Crippen LogP contribution in [0.2, 0.25) is 0 Å². The van der Waals surface area contributed by atoms with Gasteiger partial charge in [-0.1, -0.05) is 36.4 Å². The molecule has 3 aromatic rings. The van der Waals surface area contributed by atoms with Gasteiger partial charge in [-0.25, -0.2) is 4.79 Å². The molecule has 27 heavy (non-hydrogen) atoms. The topological polar surface area (TPSA) is 58.6 Å². The predicted octanol–water partition coefficient (Wildman–Crippen LogP) is 3.70. The third-order valence-corrected chi connectivity index (χ3v) is 5.25. The summed E-state index contributed by atoms with van der Waals surface area (Å²) in [6.45, 7) is 1.10. The number of thiophene rings is 1. The summed E-state index contributed by atoms with van der Waals surface area (Å²) >= 11 is 1.37. The Kier molecular flexibility index (Phi) is 6.44. The fourth-order valence-electron chi connectivity index (χ4n) is 2.69. The molecule has 0 saturated carbocycles. The number of benzene rings is 2. The third-order valence-electron chi connectivity index (χ3n) is 4.15. The smallest absolute Gasteiger partial charge is 0.348 e. The first-order chi connectivity index (χ1) is 13.1. The molecule has 0 spiro atoms. The van der Waals surface area contributed by atoms with Gasteiger partial charge < -0.3 is 15.0 Å². The maximum Gasteiger partial charge on any atom is 0.348 e. The number of nitrogens with one attached hydrogen (secondary N) is 1. The van der Waals surface area contributed by atoms with Crippen LogP contribution >= 0.6 is 11.3 Å². The van der Waals surface area contributed by atoms with Crippen molar-refractivity contribution in [3.05, 3.63) is 65.5 Å². The van der Waals surface area contributed by atoms with Gasteiger partial charge in [0.2, 0.25) is 0 Å². The molecule has 0 aliphatic carbocycles. The fraction of sp³-hybridized carbons (Fsp3) is 0.238. The van der Waals surface area contributed by atoms with E-state index >= 15 is 0 Å². The summed E-state index contributed by atoms with van der Waals surface area (Å²) in [6.07, 6.45) is 0.807. The summed E-state index contributed by atoms with van der Waals surface area (Å²) in [4.78, 5) is 26.6. The fourth-order valence-corrected chi connectivity index (χ4v) is 3.65. The maximum absolute atomic E-state index is 12.1. The molecule has 140 valence electrons. The number of anilines is 1. The van der Waals surface area contributed by atoms with Crippen molar-refractivity contribution in [2.75, 3.05) is 31.6 Å². The lowest BCUT2D eigenvalue weighted by atomic mass is 10.2. The SMILES string of the molecule is CN(CCCNC(=O)COC(=O)c1cc2ccccc2s1)c1ccccc1. The molecule has 3 rings (SSSR count). The Labute approximate surface area is 162 Å². The van der Waals surface area contributed by atoms with Crippen LogP contribution in [0.5, 0.6) is 0 Å². The number of carbonyl (C=O) groups excluding carboxylic acids is 2. The standard InChI is InChI=1S/C21H22N2O3S/c1-23(17-9-3-2-4-10-17)13-7-12-22-20(24)15-26-21(25)19-14-16-8-5-6-11-18(16)27-19/h2-6,8-11,14H,7,12-13,15H2,1H3,(H,22,24). The number of nitrogens with zero attached hydrogens (tertiary/aromatic N) is 1. The monoisotopic (exact) mass is 382 g/mol. The molecule has 2 aromatic carbocycles. The summed E-state index contributed by atoms with van der Waals surface area (Å²) in [5.74, 6) is -0.748. The predicted molar refractivity (Wildman–Crippen MR) is 109 cm³/mol. The molecule has 0 fully saturated rings. The van der Waals surface area contributed by atoms with Crippen molar-refractivity contribution in [1.29, 1.82) is 0 Å². The number of esters is 1. The molecule has 0 atom stereocenters. The van der Waals surface area contributed by atoms with E-state index in [-0.39, 0.29) is 12.5 Å². The highest BCUT2D eigenvalue weighted by Gasteiger charge is 2.13. The molecule has 0 aliphatic rings. The van der Waals surface area contributed by atoms with Crippen LogP contribution < -0.4 is 10.2 Å². The summed E-state index contributed by atoms with van der Waals surface area (Å²) in [5.41, 5.74) is 1.14. The van der Waals surface area contributed by atoms with E-state index in [1.807, 2.05) is 61.6 Å². The van der Waals surface area contributed by atoms with Crippen molar-refractivity contribution in [3.63, 3.8) is 0 Å². The molecule has 1 N–H and O–H groups in total. The van der Waals surface area contributed by atoms with Gasteiger partial charge in [0.1, 0.15) is 4.88 Å². The zero-order valence-electron chi connectivity index (χ0n) is 15.2. The second-order valence-corrected chi connectivity index (χ2v) is 7.27. The summed E-state index contributed by atoms with van der Waals surface area (Å²) < 4.78 is 6.14. The van der Waals surface area contributed by atoms with Gasteiger partial charge in [-0.3, -0.25) is 4.79 Å². The largest absolute Gasteiger partial charge is 0.451 e. The van der Waals surface area contributed by atoms with Gasteiger partial charge in [-0.2, -0.15) is 0 Å².